The van der Waals surface area contributed by atoms with E-state index in [-0.39, 0.29) is 5.97 Å². The number of esters is 1. The van der Waals surface area contributed by atoms with Crippen LogP contribution in [0, 0.1) is 17.8 Å². The van der Waals surface area contributed by atoms with E-state index in [4.69, 9.17) is 15.2 Å². The van der Waals surface area contributed by atoms with Crippen molar-refractivity contribution in [3.8, 4) is 5.75 Å². The van der Waals surface area contributed by atoms with Gasteiger partial charge in [0.2, 0.25) is 0 Å². The molecule has 1 aliphatic rings. The van der Waals surface area contributed by atoms with Crippen molar-refractivity contribution in [3.05, 3.63) is 17.7 Å². The maximum atomic E-state index is 11.4. The van der Waals surface area contributed by atoms with Crippen LogP contribution in [0.3, 0.4) is 0 Å². The quantitative estimate of drug-likeness (QED) is 0.560. The van der Waals surface area contributed by atoms with E-state index >= 15 is 0 Å². The monoisotopic (exact) mass is 362 g/mol. The third-order valence-electron chi connectivity index (χ3n) is 5.64. The molecule has 0 unspecified atom stereocenters. The van der Waals surface area contributed by atoms with Gasteiger partial charge in [-0.25, -0.2) is 0 Å². The van der Waals surface area contributed by atoms with Crippen molar-refractivity contribution in [3.63, 3.8) is 0 Å². The molecule has 2 rings (SSSR count). The molecule has 0 aliphatic heterocycles. The zero-order valence-corrected chi connectivity index (χ0v) is 16.8. The second-order valence-corrected chi connectivity index (χ2v) is 7.90. The third-order valence-corrected chi connectivity index (χ3v) is 5.64. The number of methoxy groups -OCH3 is 2. The molecule has 0 saturated heterocycles. The molecule has 1 aromatic carbocycles. The predicted molar refractivity (Wildman–Crippen MR) is 106 cm³/mol. The van der Waals surface area contributed by atoms with Gasteiger partial charge in [0.1, 0.15) is 5.75 Å². The Kier molecular flexibility index (Phi) is 7.18. The Labute approximate surface area is 157 Å². The van der Waals surface area contributed by atoms with Gasteiger partial charge in [-0.3, -0.25) is 4.79 Å². The number of aryl methyl sites for hydroxylation is 1. The highest BCUT2D eigenvalue weighted by atomic mass is 16.5. The lowest BCUT2D eigenvalue weighted by Crippen LogP contribution is -2.38. The SMILES string of the molecule is COC(=O)CCc1cc(N)c(N[C@@H]2C[C@H](C)CC[C@H]2C(C)C)cc1OC. The summed E-state index contributed by atoms with van der Waals surface area (Å²) in [5, 5.41) is 3.69. The largest absolute Gasteiger partial charge is 0.496 e. The summed E-state index contributed by atoms with van der Waals surface area (Å²) < 4.78 is 10.3. The molecule has 0 radical (unpaired) electrons. The predicted octanol–water partition coefficient (Wildman–Crippen LogP) is 4.26. The second-order valence-electron chi connectivity index (χ2n) is 7.90. The number of ether oxygens (including phenoxy) is 2. The minimum Gasteiger partial charge on any atom is -0.496 e. The molecule has 1 fully saturated rings. The van der Waals surface area contributed by atoms with Crippen LogP contribution in [0.4, 0.5) is 11.4 Å². The molecular formula is C21H34N2O3. The Balaban J connectivity index is 2.19. The van der Waals surface area contributed by atoms with Gasteiger partial charge < -0.3 is 20.5 Å². The number of nitrogens with one attached hydrogen (secondary N) is 1. The van der Waals surface area contributed by atoms with Crippen molar-refractivity contribution in [2.45, 2.75) is 58.9 Å². The zero-order valence-electron chi connectivity index (χ0n) is 16.8. The number of carbonyl (C=O) groups is 1. The van der Waals surface area contributed by atoms with Crippen LogP contribution in [-0.2, 0) is 16.0 Å². The van der Waals surface area contributed by atoms with E-state index in [1.165, 1.54) is 20.0 Å². The summed E-state index contributed by atoms with van der Waals surface area (Å²) in [6.45, 7) is 6.93. The van der Waals surface area contributed by atoms with E-state index in [1.807, 2.05) is 12.1 Å². The Morgan fingerprint density at radius 1 is 1.31 bits per heavy atom. The summed E-state index contributed by atoms with van der Waals surface area (Å²) in [6.07, 6.45) is 4.58. The number of rotatable bonds is 7. The molecule has 1 aliphatic carbocycles. The Morgan fingerprint density at radius 3 is 2.65 bits per heavy atom. The van der Waals surface area contributed by atoms with Crippen LogP contribution < -0.4 is 15.8 Å². The molecule has 0 aromatic heterocycles. The highest BCUT2D eigenvalue weighted by Gasteiger charge is 2.31. The molecule has 0 heterocycles. The van der Waals surface area contributed by atoms with Crippen LogP contribution in [0.5, 0.6) is 5.75 Å². The molecule has 1 saturated carbocycles. The Hall–Kier alpha value is -1.91. The molecule has 1 aromatic rings. The average Bonchev–Trinajstić information content (AvgIpc) is 2.61. The minimum atomic E-state index is -0.233. The van der Waals surface area contributed by atoms with Gasteiger partial charge in [-0.15, -0.1) is 0 Å². The number of anilines is 2. The summed E-state index contributed by atoms with van der Waals surface area (Å²) in [6, 6.07) is 4.31. The Morgan fingerprint density at radius 2 is 2.04 bits per heavy atom. The smallest absolute Gasteiger partial charge is 0.305 e. The van der Waals surface area contributed by atoms with Crippen molar-refractivity contribution < 1.29 is 14.3 Å². The minimum absolute atomic E-state index is 0.233. The molecule has 3 atom stereocenters. The Bertz CT molecular complexity index is 616. The topological polar surface area (TPSA) is 73.6 Å². The van der Waals surface area contributed by atoms with Crippen LogP contribution in [0.2, 0.25) is 0 Å². The number of hydrogen-bond donors (Lipinski definition) is 2. The summed E-state index contributed by atoms with van der Waals surface area (Å²) in [7, 11) is 3.05. The van der Waals surface area contributed by atoms with E-state index in [9.17, 15) is 4.79 Å². The van der Waals surface area contributed by atoms with Gasteiger partial charge in [0.15, 0.2) is 0 Å². The normalized spacial score (nSPS) is 22.9. The lowest BCUT2D eigenvalue weighted by molar-refractivity contribution is -0.140. The van der Waals surface area contributed by atoms with Gasteiger partial charge in [0.25, 0.3) is 0 Å². The highest BCUT2D eigenvalue weighted by molar-refractivity contribution is 5.72. The van der Waals surface area contributed by atoms with Crippen LogP contribution in [0.25, 0.3) is 0 Å². The molecule has 5 nitrogen and oxygen atoms in total. The number of carbonyl (C=O) groups excluding carboxylic acids is 1. The first-order chi connectivity index (χ1) is 12.3. The number of hydrogen-bond acceptors (Lipinski definition) is 5. The van der Waals surface area contributed by atoms with Crippen LogP contribution in [0.15, 0.2) is 12.1 Å². The van der Waals surface area contributed by atoms with Crippen molar-refractivity contribution in [1.29, 1.82) is 0 Å². The van der Waals surface area contributed by atoms with Crippen molar-refractivity contribution in [2.75, 3.05) is 25.3 Å². The molecule has 3 N–H and O–H groups in total. The molecule has 0 amide bonds. The van der Waals surface area contributed by atoms with E-state index < -0.39 is 0 Å². The summed E-state index contributed by atoms with van der Waals surface area (Å²) in [5.74, 6) is 2.54. The lowest BCUT2D eigenvalue weighted by Gasteiger charge is -2.38. The second kappa shape index (κ2) is 9.15. The molecule has 5 heteroatoms. The third kappa shape index (κ3) is 5.05. The number of benzene rings is 1. The molecule has 0 bridgehead atoms. The van der Waals surface area contributed by atoms with Gasteiger partial charge in [0.05, 0.1) is 25.6 Å². The fourth-order valence-corrected chi connectivity index (χ4v) is 4.06. The first kappa shape index (κ1) is 20.4. The van der Waals surface area contributed by atoms with Crippen LogP contribution in [-0.4, -0.2) is 26.2 Å². The average molecular weight is 363 g/mol. The van der Waals surface area contributed by atoms with E-state index in [0.29, 0.717) is 36.4 Å². The fourth-order valence-electron chi connectivity index (χ4n) is 4.06. The first-order valence-corrected chi connectivity index (χ1v) is 9.65. The van der Waals surface area contributed by atoms with Crippen molar-refractivity contribution in [1.82, 2.24) is 0 Å². The molecular weight excluding hydrogens is 328 g/mol. The van der Waals surface area contributed by atoms with Gasteiger partial charge >= 0.3 is 5.97 Å². The summed E-state index contributed by atoms with van der Waals surface area (Å²) in [4.78, 5) is 11.4. The highest BCUT2D eigenvalue weighted by Crippen LogP contribution is 2.37. The van der Waals surface area contributed by atoms with Crippen LogP contribution in [0.1, 0.15) is 52.0 Å². The number of nitrogen functional groups attached to an aromatic ring is 1. The fraction of sp³-hybridized carbons (Fsp3) is 0.667. The van der Waals surface area contributed by atoms with Crippen LogP contribution >= 0.6 is 0 Å². The van der Waals surface area contributed by atoms with Crippen molar-refractivity contribution >= 4 is 17.3 Å². The van der Waals surface area contributed by atoms with Crippen molar-refractivity contribution in [2.24, 2.45) is 17.8 Å². The molecule has 0 spiro atoms. The maximum absolute atomic E-state index is 11.4. The van der Waals surface area contributed by atoms with E-state index in [2.05, 4.69) is 26.1 Å². The standard InChI is InChI=1S/C21H34N2O3/c1-13(2)16-8-6-14(3)10-18(16)23-19-12-20(25-4)15(11-17(19)22)7-9-21(24)26-5/h11-14,16,18,23H,6-10,22H2,1-5H3/t14-,16+,18-/m1/s1. The lowest BCUT2D eigenvalue weighted by atomic mass is 9.74. The van der Waals surface area contributed by atoms with E-state index in [0.717, 1.165) is 29.3 Å². The van der Waals surface area contributed by atoms with Gasteiger partial charge in [0, 0.05) is 18.5 Å². The summed E-state index contributed by atoms with van der Waals surface area (Å²) >= 11 is 0. The number of nitrogens with two attached hydrogens (primary N) is 1. The molecule has 146 valence electrons. The van der Waals surface area contributed by atoms with Gasteiger partial charge in [-0.1, -0.05) is 27.2 Å². The van der Waals surface area contributed by atoms with Gasteiger partial charge in [-0.2, -0.15) is 0 Å². The molecule has 26 heavy (non-hydrogen) atoms. The van der Waals surface area contributed by atoms with Gasteiger partial charge in [-0.05, 0) is 48.6 Å². The maximum Gasteiger partial charge on any atom is 0.305 e. The van der Waals surface area contributed by atoms with E-state index in [1.54, 1.807) is 7.11 Å². The summed E-state index contributed by atoms with van der Waals surface area (Å²) in [5.41, 5.74) is 8.88. The first-order valence-electron chi connectivity index (χ1n) is 9.65. The zero-order chi connectivity index (χ0) is 19.3.